The summed E-state index contributed by atoms with van der Waals surface area (Å²) in [4.78, 5) is 3.94. The fraction of sp³-hybridized carbons (Fsp3) is 0.857. The third-order valence-electron chi connectivity index (χ3n) is 2.73. The Balaban J connectivity index is 1.69. The molecule has 1 N–H and O–H groups in total. The van der Waals surface area contributed by atoms with Crippen LogP contribution in [0.15, 0.2) is 10.9 Å². The van der Waals surface area contributed by atoms with Crippen LogP contribution in [-0.4, -0.2) is 62.9 Å². The van der Waals surface area contributed by atoms with Crippen LogP contribution < -0.4 is 5.32 Å². The van der Waals surface area contributed by atoms with E-state index in [4.69, 9.17) is 18.7 Å². The first-order valence-corrected chi connectivity index (χ1v) is 7.63. The van der Waals surface area contributed by atoms with Gasteiger partial charge in [0.15, 0.2) is 6.33 Å². The molecule has 0 bridgehead atoms. The largest absolute Gasteiger partial charge is 0.379 e. The Morgan fingerprint density at radius 3 is 2.38 bits per heavy atom. The maximum absolute atomic E-state index is 5.44. The van der Waals surface area contributed by atoms with Crippen molar-refractivity contribution in [1.82, 2.24) is 15.5 Å². The summed E-state index contributed by atoms with van der Waals surface area (Å²) < 4.78 is 21.1. The predicted molar refractivity (Wildman–Crippen MR) is 78.2 cm³/mol. The third kappa shape index (κ3) is 11.3. The van der Waals surface area contributed by atoms with Crippen LogP contribution in [0.3, 0.4) is 0 Å². The molecule has 7 heteroatoms. The van der Waals surface area contributed by atoms with Crippen molar-refractivity contribution in [2.24, 2.45) is 0 Å². The van der Waals surface area contributed by atoms with Crippen molar-refractivity contribution < 1.29 is 18.7 Å². The molecule has 0 unspecified atom stereocenters. The molecule has 122 valence electrons. The van der Waals surface area contributed by atoms with Gasteiger partial charge in [0, 0.05) is 26.1 Å². The SMILES string of the molecule is CCCCOCCOCCOCCNCCc1ncno1. The van der Waals surface area contributed by atoms with E-state index in [9.17, 15) is 0 Å². The summed E-state index contributed by atoms with van der Waals surface area (Å²) in [5.41, 5.74) is 0. The lowest BCUT2D eigenvalue weighted by Crippen LogP contribution is -2.23. The minimum atomic E-state index is 0.610. The van der Waals surface area contributed by atoms with E-state index in [1.807, 2.05) is 0 Å². The third-order valence-corrected chi connectivity index (χ3v) is 2.73. The van der Waals surface area contributed by atoms with Crippen LogP contribution in [0.25, 0.3) is 0 Å². The first kappa shape index (κ1) is 18.0. The average Bonchev–Trinajstić information content (AvgIpc) is 3.01. The number of aromatic nitrogens is 2. The number of nitrogens with one attached hydrogen (secondary N) is 1. The Kier molecular flexibility index (Phi) is 12.0. The van der Waals surface area contributed by atoms with Gasteiger partial charge < -0.3 is 24.1 Å². The number of hydrogen-bond acceptors (Lipinski definition) is 7. The van der Waals surface area contributed by atoms with Gasteiger partial charge in [-0.05, 0) is 6.42 Å². The van der Waals surface area contributed by atoms with E-state index in [0.717, 1.165) is 39.0 Å². The minimum absolute atomic E-state index is 0.610. The summed E-state index contributed by atoms with van der Waals surface area (Å²) in [6.45, 7) is 7.76. The molecule has 0 amide bonds. The molecule has 1 aromatic heterocycles. The smallest absolute Gasteiger partial charge is 0.227 e. The Hall–Kier alpha value is -1.02. The summed E-state index contributed by atoms with van der Waals surface area (Å²) in [7, 11) is 0. The van der Waals surface area contributed by atoms with Gasteiger partial charge in [0.05, 0.1) is 33.0 Å². The molecule has 0 aliphatic heterocycles. The molecule has 1 rings (SSSR count). The zero-order chi connectivity index (χ0) is 15.0. The molecule has 1 aromatic rings. The van der Waals surface area contributed by atoms with Gasteiger partial charge in [0.2, 0.25) is 5.89 Å². The van der Waals surface area contributed by atoms with Gasteiger partial charge in [-0.3, -0.25) is 0 Å². The lowest BCUT2D eigenvalue weighted by Gasteiger charge is -2.07. The summed E-state index contributed by atoms with van der Waals surface area (Å²) >= 11 is 0. The van der Waals surface area contributed by atoms with Crippen molar-refractivity contribution in [1.29, 1.82) is 0 Å². The van der Waals surface area contributed by atoms with E-state index in [-0.39, 0.29) is 0 Å². The molecule has 0 saturated heterocycles. The normalized spacial score (nSPS) is 11.1. The molecule has 0 aliphatic carbocycles. The Morgan fingerprint density at radius 2 is 1.71 bits per heavy atom. The van der Waals surface area contributed by atoms with Crippen LogP contribution >= 0.6 is 0 Å². The molecule has 0 spiro atoms. The van der Waals surface area contributed by atoms with Crippen molar-refractivity contribution in [2.45, 2.75) is 26.2 Å². The van der Waals surface area contributed by atoms with E-state index in [1.165, 1.54) is 6.33 Å². The lowest BCUT2D eigenvalue weighted by atomic mass is 10.4. The lowest BCUT2D eigenvalue weighted by molar-refractivity contribution is 0.0147. The molecule has 0 aliphatic rings. The van der Waals surface area contributed by atoms with Gasteiger partial charge in [-0.25, -0.2) is 0 Å². The Labute approximate surface area is 126 Å². The number of hydrogen-bond donors (Lipinski definition) is 1. The second-order valence-corrected chi connectivity index (χ2v) is 4.53. The van der Waals surface area contributed by atoms with Crippen LogP contribution in [-0.2, 0) is 20.6 Å². The van der Waals surface area contributed by atoms with Crippen LogP contribution in [0, 0.1) is 0 Å². The zero-order valence-electron chi connectivity index (χ0n) is 12.9. The van der Waals surface area contributed by atoms with Gasteiger partial charge >= 0.3 is 0 Å². The summed E-state index contributed by atoms with van der Waals surface area (Å²) in [5, 5.41) is 6.79. The highest BCUT2D eigenvalue weighted by Crippen LogP contribution is 1.90. The van der Waals surface area contributed by atoms with Crippen LogP contribution in [0.5, 0.6) is 0 Å². The molecule has 7 nitrogen and oxygen atoms in total. The molecule has 21 heavy (non-hydrogen) atoms. The number of ether oxygens (including phenoxy) is 3. The molecule has 0 aromatic carbocycles. The van der Waals surface area contributed by atoms with Crippen molar-refractivity contribution in [2.75, 3.05) is 52.7 Å². The minimum Gasteiger partial charge on any atom is -0.379 e. The Bertz CT molecular complexity index is 309. The number of rotatable bonds is 15. The monoisotopic (exact) mass is 301 g/mol. The molecule has 0 atom stereocenters. The van der Waals surface area contributed by atoms with Crippen LogP contribution in [0.1, 0.15) is 25.7 Å². The van der Waals surface area contributed by atoms with E-state index in [1.54, 1.807) is 0 Å². The van der Waals surface area contributed by atoms with Crippen molar-refractivity contribution in [3.63, 3.8) is 0 Å². The molecular formula is C14H27N3O4. The standard InChI is InChI=1S/C14H27N3O4/c1-2-3-7-18-9-11-20-12-10-19-8-6-15-5-4-14-16-13-17-21-14/h13,15H,2-12H2,1H3. The summed E-state index contributed by atoms with van der Waals surface area (Å²) in [6.07, 6.45) is 4.43. The topological polar surface area (TPSA) is 78.6 Å². The van der Waals surface area contributed by atoms with Gasteiger partial charge in [-0.15, -0.1) is 0 Å². The number of nitrogens with zero attached hydrogens (tertiary/aromatic N) is 2. The van der Waals surface area contributed by atoms with E-state index in [0.29, 0.717) is 38.9 Å². The van der Waals surface area contributed by atoms with E-state index in [2.05, 4.69) is 22.4 Å². The van der Waals surface area contributed by atoms with Gasteiger partial charge in [-0.2, -0.15) is 4.98 Å². The maximum atomic E-state index is 5.44. The van der Waals surface area contributed by atoms with Crippen molar-refractivity contribution in [3.8, 4) is 0 Å². The Morgan fingerprint density at radius 1 is 1.00 bits per heavy atom. The predicted octanol–water partition coefficient (Wildman–Crippen LogP) is 1.05. The quantitative estimate of drug-likeness (QED) is 0.485. The van der Waals surface area contributed by atoms with Crippen LogP contribution in [0.2, 0.25) is 0 Å². The van der Waals surface area contributed by atoms with Crippen molar-refractivity contribution >= 4 is 0 Å². The molecular weight excluding hydrogens is 274 g/mol. The molecule has 1 heterocycles. The highest BCUT2D eigenvalue weighted by molar-refractivity contribution is 4.74. The van der Waals surface area contributed by atoms with Crippen LogP contribution in [0.4, 0.5) is 0 Å². The second-order valence-electron chi connectivity index (χ2n) is 4.53. The van der Waals surface area contributed by atoms with Gasteiger partial charge in [0.25, 0.3) is 0 Å². The molecule has 0 fully saturated rings. The fourth-order valence-electron chi connectivity index (χ4n) is 1.56. The fourth-order valence-corrected chi connectivity index (χ4v) is 1.56. The van der Waals surface area contributed by atoms with Crippen molar-refractivity contribution in [3.05, 3.63) is 12.2 Å². The average molecular weight is 301 g/mol. The summed E-state index contributed by atoms with van der Waals surface area (Å²) in [5.74, 6) is 0.651. The molecule has 0 saturated carbocycles. The van der Waals surface area contributed by atoms with E-state index < -0.39 is 0 Å². The summed E-state index contributed by atoms with van der Waals surface area (Å²) in [6, 6.07) is 0. The van der Waals surface area contributed by atoms with Gasteiger partial charge in [-0.1, -0.05) is 18.5 Å². The first-order valence-electron chi connectivity index (χ1n) is 7.63. The molecule has 0 radical (unpaired) electrons. The second kappa shape index (κ2) is 13.9. The maximum Gasteiger partial charge on any atom is 0.227 e. The zero-order valence-corrected chi connectivity index (χ0v) is 12.9. The highest BCUT2D eigenvalue weighted by Gasteiger charge is 1.97. The van der Waals surface area contributed by atoms with E-state index >= 15 is 0 Å². The number of unbranched alkanes of at least 4 members (excludes halogenated alkanes) is 1. The highest BCUT2D eigenvalue weighted by atomic mass is 16.5. The van der Waals surface area contributed by atoms with Gasteiger partial charge in [0.1, 0.15) is 0 Å². The first-order chi connectivity index (χ1) is 10.4.